The van der Waals surface area contributed by atoms with Crippen LogP contribution in [0.4, 0.5) is 0 Å². The molecule has 3 rings (SSSR count). The number of pyridine rings is 1. The molecular weight excluding hydrogens is 324 g/mol. The fraction of sp³-hybridized carbons (Fsp3) is 0.111. The van der Waals surface area contributed by atoms with Crippen LogP contribution in [0.25, 0.3) is 0 Å². The molecule has 2 heterocycles. The number of aromatic nitrogens is 1. The molecule has 0 spiro atoms. The second-order valence-electron chi connectivity index (χ2n) is 5.00. The van der Waals surface area contributed by atoms with E-state index in [1.54, 1.807) is 30.5 Å². The van der Waals surface area contributed by atoms with Crippen molar-refractivity contribution >= 4 is 17.7 Å². The Bertz CT molecular complexity index is 791. The number of furan rings is 1. The second kappa shape index (κ2) is 7.81. The summed E-state index contributed by atoms with van der Waals surface area (Å²) in [6.07, 6.45) is 3.16. The summed E-state index contributed by atoms with van der Waals surface area (Å²) in [5.41, 5.74) is 0.455. The van der Waals surface area contributed by atoms with Gasteiger partial charge in [-0.1, -0.05) is 30.0 Å². The van der Waals surface area contributed by atoms with Crippen LogP contribution in [0.5, 0.6) is 0 Å². The SMILES string of the molecule is O=C(NC(CO)c1ccco1)c1cccnc1Sc1ccccc1. The Balaban J connectivity index is 1.80. The van der Waals surface area contributed by atoms with E-state index in [1.165, 1.54) is 18.0 Å². The van der Waals surface area contributed by atoms with E-state index in [1.807, 2.05) is 30.3 Å². The monoisotopic (exact) mass is 340 g/mol. The lowest BCUT2D eigenvalue weighted by Crippen LogP contribution is -2.31. The predicted octanol–water partition coefficient (Wildman–Crippen LogP) is 3.29. The maximum absolute atomic E-state index is 12.6. The van der Waals surface area contributed by atoms with Crippen molar-refractivity contribution in [2.24, 2.45) is 0 Å². The van der Waals surface area contributed by atoms with Gasteiger partial charge in [0.15, 0.2) is 0 Å². The molecule has 0 radical (unpaired) electrons. The van der Waals surface area contributed by atoms with Gasteiger partial charge in [-0.3, -0.25) is 4.79 Å². The highest BCUT2D eigenvalue weighted by molar-refractivity contribution is 7.99. The maximum Gasteiger partial charge on any atom is 0.254 e. The predicted molar refractivity (Wildman–Crippen MR) is 90.8 cm³/mol. The molecule has 1 aromatic carbocycles. The molecule has 2 aromatic heterocycles. The second-order valence-corrected chi connectivity index (χ2v) is 6.06. The quantitative estimate of drug-likeness (QED) is 0.720. The molecule has 1 atom stereocenters. The average molecular weight is 340 g/mol. The van der Waals surface area contributed by atoms with Crippen LogP contribution in [0, 0.1) is 0 Å². The number of benzene rings is 1. The van der Waals surface area contributed by atoms with Crippen molar-refractivity contribution in [1.29, 1.82) is 0 Å². The molecule has 0 aliphatic heterocycles. The van der Waals surface area contributed by atoms with E-state index in [0.29, 0.717) is 16.3 Å². The first-order valence-corrected chi connectivity index (χ1v) is 8.22. The Morgan fingerprint density at radius 3 is 2.71 bits per heavy atom. The number of nitrogens with one attached hydrogen (secondary N) is 1. The number of aliphatic hydroxyl groups is 1. The van der Waals surface area contributed by atoms with Gasteiger partial charge < -0.3 is 14.8 Å². The fourth-order valence-electron chi connectivity index (χ4n) is 2.18. The summed E-state index contributed by atoms with van der Waals surface area (Å²) in [6, 6.07) is 16.0. The molecule has 0 fully saturated rings. The normalized spacial score (nSPS) is 11.9. The molecule has 0 bridgehead atoms. The van der Waals surface area contributed by atoms with E-state index in [2.05, 4.69) is 10.3 Å². The van der Waals surface area contributed by atoms with Gasteiger partial charge in [0.1, 0.15) is 16.8 Å². The number of hydrogen-bond donors (Lipinski definition) is 2. The van der Waals surface area contributed by atoms with Gasteiger partial charge in [-0.25, -0.2) is 4.98 Å². The number of carbonyl (C=O) groups is 1. The summed E-state index contributed by atoms with van der Waals surface area (Å²) in [5.74, 6) is 0.198. The van der Waals surface area contributed by atoms with Crippen molar-refractivity contribution in [3.05, 3.63) is 78.4 Å². The summed E-state index contributed by atoms with van der Waals surface area (Å²) in [5, 5.41) is 12.9. The van der Waals surface area contributed by atoms with Crippen LogP contribution in [0.15, 0.2) is 81.4 Å². The van der Waals surface area contributed by atoms with Crippen LogP contribution in [-0.2, 0) is 0 Å². The van der Waals surface area contributed by atoms with Gasteiger partial charge in [-0.2, -0.15) is 0 Å². The zero-order valence-electron chi connectivity index (χ0n) is 12.8. The fourth-order valence-corrected chi connectivity index (χ4v) is 3.08. The van der Waals surface area contributed by atoms with Gasteiger partial charge in [0, 0.05) is 11.1 Å². The molecule has 0 saturated heterocycles. The van der Waals surface area contributed by atoms with E-state index in [-0.39, 0.29) is 12.5 Å². The number of amides is 1. The number of nitrogens with zero attached hydrogens (tertiary/aromatic N) is 1. The molecule has 5 nitrogen and oxygen atoms in total. The minimum atomic E-state index is -0.595. The average Bonchev–Trinajstić information content (AvgIpc) is 3.15. The minimum Gasteiger partial charge on any atom is -0.467 e. The number of hydrogen-bond acceptors (Lipinski definition) is 5. The van der Waals surface area contributed by atoms with Crippen LogP contribution in [0.3, 0.4) is 0 Å². The van der Waals surface area contributed by atoms with E-state index in [0.717, 1.165) is 4.90 Å². The molecule has 0 aliphatic carbocycles. The van der Waals surface area contributed by atoms with Crippen molar-refractivity contribution in [1.82, 2.24) is 10.3 Å². The summed E-state index contributed by atoms with van der Waals surface area (Å²) >= 11 is 1.42. The van der Waals surface area contributed by atoms with E-state index in [4.69, 9.17) is 4.42 Å². The Morgan fingerprint density at radius 2 is 2.00 bits per heavy atom. The summed E-state index contributed by atoms with van der Waals surface area (Å²) in [6.45, 7) is -0.249. The lowest BCUT2D eigenvalue weighted by atomic mass is 10.2. The first-order valence-electron chi connectivity index (χ1n) is 7.41. The van der Waals surface area contributed by atoms with Crippen molar-refractivity contribution in [3.63, 3.8) is 0 Å². The topological polar surface area (TPSA) is 75.4 Å². The van der Waals surface area contributed by atoms with Gasteiger partial charge in [0.05, 0.1) is 18.4 Å². The molecule has 1 amide bonds. The third-order valence-corrected chi connectivity index (χ3v) is 4.37. The molecule has 24 heavy (non-hydrogen) atoms. The van der Waals surface area contributed by atoms with Gasteiger partial charge >= 0.3 is 0 Å². The smallest absolute Gasteiger partial charge is 0.254 e. The Kier molecular flexibility index (Phi) is 5.30. The molecular formula is C18H16N2O3S. The van der Waals surface area contributed by atoms with Crippen molar-refractivity contribution in [3.8, 4) is 0 Å². The van der Waals surface area contributed by atoms with Crippen LogP contribution in [0.2, 0.25) is 0 Å². The van der Waals surface area contributed by atoms with Crippen molar-refractivity contribution in [2.45, 2.75) is 16.0 Å². The molecule has 122 valence electrons. The Labute approximate surface area is 143 Å². The molecule has 0 saturated carbocycles. The molecule has 3 aromatic rings. The maximum atomic E-state index is 12.6. The van der Waals surface area contributed by atoms with Crippen molar-refractivity contribution in [2.75, 3.05) is 6.61 Å². The standard InChI is InChI=1S/C18H16N2O3S/c21-12-15(16-9-5-11-23-16)20-17(22)14-8-4-10-19-18(14)24-13-6-2-1-3-7-13/h1-11,15,21H,12H2,(H,20,22). The van der Waals surface area contributed by atoms with Crippen LogP contribution in [-0.4, -0.2) is 22.6 Å². The highest BCUT2D eigenvalue weighted by atomic mass is 32.2. The summed E-state index contributed by atoms with van der Waals surface area (Å²) < 4.78 is 5.25. The van der Waals surface area contributed by atoms with E-state index >= 15 is 0 Å². The third kappa shape index (κ3) is 3.84. The highest BCUT2D eigenvalue weighted by Gasteiger charge is 2.20. The zero-order valence-corrected chi connectivity index (χ0v) is 13.6. The van der Waals surface area contributed by atoms with Crippen LogP contribution in [0.1, 0.15) is 22.2 Å². The zero-order chi connectivity index (χ0) is 16.8. The summed E-state index contributed by atoms with van der Waals surface area (Å²) in [4.78, 5) is 17.9. The van der Waals surface area contributed by atoms with Crippen LogP contribution < -0.4 is 5.32 Å². The lowest BCUT2D eigenvalue weighted by molar-refractivity contribution is 0.0903. The minimum absolute atomic E-state index is 0.249. The summed E-state index contributed by atoms with van der Waals surface area (Å²) in [7, 11) is 0. The molecule has 1 unspecified atom stereocenters. The van der Waals surface area contributed by atoms with E-state index in [9.17, 15) is 9.90 Å². The van der Waals surface area contributed by atoms with Gasteiger partial charge in [-0.15, -0.1) is 0 Å². The van der Waals surface area contributed by atoms with Crippen LogP contribution >= 0.6 is 11.8 Å². The largest absolute Gasteiger partial charge is 0.467 e. The highest BCUT2D eigenvalue weighted by Crippen LogP contribution is 2.28. The first-order chi connectivity index (χ1) is 11.8. The van der Waals surface area contributed by atoms with Gasteiger partial charge in [0.25, 0.3) is 5.91 Å². The van der Waals surface area contributed by atoms with Crippen molar-refractivity contribution < 1.29 is 14.3 Å². The molecule has 2 N–H and O–H groups in total. The van der Waals surface area contributed by atoms with E-state index < -0.39 is 6.04 Å². The Morgan fingerprint density at radius 1 is 1.17 bits per heavy atom. The van der Waals surface area contributed by atoms with Gasteiger partial charge in [-0.05, 0) is 36.4 Å². The number of aliphatic hydroxyl groups excluding tert-OH is 1. The molecule has 6 heteroatoms. The lowest BCUT2D eigenvalue weighted by Gasteiger charge is -2.15. The molecule has 0 aliphatic rings. The number of rotatable bonds is 6. The Hall–Kier alpha value is -2.57. The van der Waals surface area contributed by atoms with Gasteiger partial charge in [0.2, 0.25) is 0 Å². The third-order valence-electron chi connectivity index (χ3n) is 3.35. The first kappa shape index (κ1) is 16.3. The number of carbonyl (C=O) groups excluding carboxylic acids is 1.